The highest BCUT2D eigenvalue weighted by atomic mass is 32.2. The van der Waals surface area contributed by atoms with Crippen LogP contribution in [-0.2, 0) is 12.3 Å². The molecule has 0 saturated carbocycles. The van der Waals surface area contributed by atoms with Gasteiger partial charge in [0.15, 0.2) is 10.2 Å². The topological polar surface area (TPSA) is 81.4 Å². The van der Waals surface area contributed by atoms with Crippen LogP contribution in [0.5, 0.6) is 0 Å². The molecule has 110 valence electrons. The molecule has 0 aliphatic heterocycles. The van der Waals surface area contributed by atoms with E-state index in [0.717, 1.165) is 53.4 Å². The molecule has 0 amide bonds. The first-order valence-corrected chi connectivity index (χ1v) is 8.59. The summed E-state index contributed by atoms with van der Waals surface area (Å²) in [6.45, 7) is 6.08. The van der Waals surface area contributed by atoms with Gasteiger partial charge in [-0.15, -0.1) is 15.3 Å². The lowest BCUT2D eigenvalue weighted by Crippen LogP contribution is -2.04. The van der Waals surface area contributed by atoms with Crippen molar-refractivity contribution in [3.8, 4) is 0 Å². The molecular weight excluding hydrogens is 294 g/mol. The Balaban J connectivity index is 1.85. The average Bonchev–Trinajstić information content (AvgIpc) is 3.09. The van der Waals surface area contributed by atoms with Crippen LogP contribution in [0.1, 0.15) is 38.9 Å². The lowest BCUT2D eigenvalue weighted by molar-refractivity contribution is 0.540. The van der Waals surface area contributed by atoms with Crippen LogP contribution in [0.25, 0.3) is 0 Å². The summed E-state index contributed by atoms with van der Waals surface area (Å²) in [5.74, 6) is 1.61. The zero-order valence-electron chi connectivity index (χ0n) is 11.7. The fourth-order valence-electron chi connectivity index (χ4n) is 1.51. The number of nitrogens with one attached hydrogen (secondary N) is 1. The molecule has 0 spiro atoms. The van der Waals surface area contributed by atoms with Crippen LogP contribution < -0.4 is 5.32 Å². The SMILES string of the molecule is CCCCn1nnnc1CSc1nnc(NCCC)s1. The first-order valence-electron chi connectivity index (χ1n) is 6.78. The van der Waals surface area contributed by atoms with Crippen molar-refractivity contribution in [3.05, 3.63) is 5.82 Å². The van der Waals surface area contributed by atoms with E-state index in [-0.39, 0.29) is 0 Å². The Labute approximate surface area is 126 Å². The van der Waals surface area contributed by atoms with Gasteiger partial charge in [0.25, 0.3) is 0 Å². The number of aromatic nitrogens is 6. The molecule has 2 rings (SSSR count). The minimum absolute atomic E-state index is 0.721. The van der Waals surface area contributed by atoms with Gasteiger partial charge in [-0.25, -0.2) is 4.68 Å². The second-order valence-corrected chi connectivity index (χ2v) is 6.46. The number of nitrogens with zero attached hydrogens (tertiary/aromatic N) is 6. The normalized spacial score (nSPS) is 10.9. The van der Waals surface area contributed by atoms with Gasteiger partial charge in [-0.2, -0.15) is 0 Å². The van der Waals surface area contributed by atoms with Gasteiger partial charge in [-0.05, 0) is 23.3 Å². The van der Waals surface area contributed by atoms with Crippen LogP contribution in [0.4, 0.5) is 5.13 Å². The molecule has 7 nitrogen and oxygen atoms in total. The minimum Gasteiger partial charge on any atom is -0.360 e. The summed E-state index contributed by atoms with van der Waals surface area (Å²) in [6, 6.07) is 0. The molecule has 0 saturated heterocycles. The lowest BCUT2D eigenvalue weighted by atomic mass is 10.3. The first kappa shape index (κ1) is 15.2. The summed E-state index contributed by atoms with van der Waals surface area (Å²) in [7, 11) is 0. The van der Waals surface area contributed by atoms with Crippen LogP contribution in [0.2, 0.25) is 0 Å². The highest BCUT2D eigenvalue weighted by Gasteiger charge is 2.09. The van der Waals surface area contributed by atoms with E-state index in [1.807, 2.05) is 4.68 Å². The average molecular weight is 313 g/mol. The van der Waals surface area contributed by atoms with Crippen molar-refractivity contribution < 1.29 is 0 Å². The fraction of sp³-hybridized carbons (Fsp3) is 0.727. The molecule has 1 N–H and O–H groups in total. The van der Waals surface area contributed by atoms with Gasteiger partial charge in [0, 0.05) is 13.1 Å². The number of hydrogen-bond donors (Lipinski definition) is 1. The van der Waals surface area contributed by atoms with Gasteiger partial charge in [0.2, 0.25) is 5.13 Å². The maximum atomic E-state index is 4.15. The van der Waals surface area contributed by atoms with Crippen LogP contribution in [0, 0.1) is 0 Å². The molecule has 0 bridgehead atoms. The molecule has 2 aromatic rings. The summed E-state index contributed by atoms with van der Waals surface area (Å²) < 4.78 is 2.81. The Kier molecular flexibility index (Phi) is 6.19. The van der Waals surface area contributed by atoms with Gasteiger partial charge < -0.3 is 5.32 Å². The van der Waals surface area contributed by atoms with Gasteiger partial charge >= 0.3 is 0 Å². The molecule has 0 unspecified atom stereocenters. The monoisotopic (exact) mass is 313 g/mol. The van der Waals surface area contributed by atoms with Crippen LogP contribution >= 0.6 is 23.1 Å². The first-order chi connectivity index (χ1) is 9.83. The van der Waals surface area contributed by atoms with E-state index in [0.29, 0.717) is 0 Å². The molecule has 0 fully saturated rings. The summed E-state index contributed by atoms with van der Waals surface area (Å²) >= 11 is 3.19. The molecule has 0 radical (unpaired) electrons. The number of thioether (sulfide) groups is 1. The quantitative estimate of drug-likeness (QED) is 0.712. The van der Waals surface area contributed by atoms with E-state index < -0.39 is 0 Å². The van der Waals surface area contributed by atoms with E-state index in [4.69, 9.17) is 0 Å². The molecule has 0 atom stereocenters. The predicted molar refractivity (Wildman–Crippen MR) is 81.0 cm³/mol. The van der Waals surface area contributed by atoms with Crippen molar-refractivity contribution in [2.45, 2.75) is 49.7 Å². The molecule has 20 heavy (non-hydrogen) atoms. The highest BCUT2D eigenvalue weighted by molar-refractivity contribution is 8.00. The fourth-order valence-corrected chi connectivity index (χ4v) is 3.22. The molecule has 2 heterocycles. The van der Waals surface area contributed by atoms with Crippen molar-refractivity contribution >= 4 is 28.2 Å². The summed E-state index contributed by atoms with van der Waals surface area (Å²) in [5, 5.41) is 24.2. The number of tetrazole rings is 1. The maximum absolute atomic E-state index is 4.15. The van der Waals surface area contributed by atoms with Crippen molar-refractivity contribution in [3.63, 3.8) is 0 Å². The van der Waals surface area contributed by atoms with E-state index in [9.17, 15) is 0 Å². The zero-order chi connectivity index (χ0) is 14.2. The third kappa shape index (κ3) is 4.41. The van der Waals surface area contributed by atoms with E-state index in [1.165, 1.54) is 0 Å². The van der Waals surface area contributed by atoms with Crippen LogP contribution in [0.15, 0.2) is 4.34 Å². The van der Waals surface area contributed by atoms with Gasteiger partial charge in [0.1, 0.15) is 0 Å². The zero-order valence-corrected chi connectivity index (χ0v) is 13.4. The number of hydrogen-bond acceptors (Lipinski definition) is 8. The van der Waals surface area contributed by atoms with Gasteiger partial charge in [-0.1, -0.05) is 43.4 Å². The van der Waals surface area contributed by atoms with Gasteiger partial charge in [-0.3, -0.25) is 0 Å². The van der Waals surface area contributed by atoms with Crippen molar-refractivity contribution in [1.29, 1.82) is 0 Å². The standard InChI is InChI=1S/C11H19N7S2/c1-3-5-7-18-9(13-16-17-18)8-19-11-15-14-10(20-11)12-6-4-2/h3-8H2,1-2H3,(H,12,14). The molecule has 0 aromatic carbocycles. The summed E-state index contributed by atoms with van der Waals surface area (Å²) in [4.78, 5) is 0. The Morgan fingerprint density at radius 1 is 1.20 bits per heavy atom. The summed E-state index contributed by atoms with van der Waals surface area (Å²) in [5.41, 5.74) is 0. The Morgan fingerprint density at radius 2 is 2.10 bits per heavy atom. The number of rotatable bonds is 9. The van der Waals surface area contributed by atoms with Gasteiger partial charge in [0.05, 0.1) is 5.75 Å². The lowest BCUT2D eigenvalue weighted by Gasteiger charge is -2.01. The Hall–Kier alpha value is -1.22. The van der Waals surface area contributed by atoms with E-state index >= 15 is 0 Å². The molecule has 2 aromatic heterocycles. The summed E-state index contributed by atoms with van der Waals surface area (Å²) in [6.07, 6.45) is 3.30. The Bertz CT molecular complexity index is 510. The predicted octanol–water partition coefficient (Wildman–Crippen LogP) is 2.44. The van der Waals surface area contributed by atoms with Crippen LogP contribution in [-0.4, -0.2) is 36.9 Å². The van der Waals surface area contributed by atoms with E-state index in [1.54, 1.807) is 23.1 Å². The Morgan fingerprint density at radius 3 is 2.90 bits per heavy atom. The third-order valence-corrected chi connectivity index (χ3v) is 4.60. The molecule has 0 aliphatic carbocycles. The van der Waals surface area contributed by atoms with Crippen molar-refractivity contribution in [2.75, 3.05) is 11.9 Å². The number of anilines is 1. The smallest absolute Gasteiger partial charge is 0.206 e. The second kappa shape index (κ2) is 8.15. The minimum atomic E-state index is 0.721. The van der Waals surface area contributed by atoms with Crippen molar-refractivity contribution in [2.24, 2.45) is 0 Å². The third-order valence-electron chi connectivity index (χ3n) is 2.59. The number of unbranched alkanes of at least 4 members (excludes halogenated alkanes) is 1. The molecular formula is C11H19N7S2. The molecule has 0 aliphatic rings. The number of aryl methyl sites for hydroxylation is 1. The highest BCUT2D eigenvalue weighted by Crippen LogP contribution is 2.27. The van der Waals surface area contributed by atoms with E-state index in [2.05, 4.69) is 44.9 Å². The second-order valence-electron chi connectivity index (χ2n) is 4.26. The largest absolute Gasteiger partial charge is 0.360 e. The van der Waals surface area contributed by atoms with Crippen LogP contribution in [0.3, 0.4) is 0 Å². The van der Waals surface area contributed by atoms with Crippen molar-refractivity contribution in [1.82, 2.24) is 30.4 Å². The molecule has 9 heteroatoms. The maximum Gasteiger partial charge on any atom is 0.206 e.